The molecule has 1 aliphatic heterocycles. The van der Waals surface area contributed by atoms with Crippen molar-refractivity contribution in [2.24, 2.45) is 0 Å². The fourth-order valence-corrected chi connectivity index (χ4v) is 5.50. The van der Waals surface area contributed by atoms with Crippen molar-refractivity contribution in [2.75, 3.05) is 13.7 Å². The first-order valence-electron chi connectivity index (χ1n) is 12.1. The third-order valence-electron chi connectivity index (χ3n) is 7.25. The quantitative estimate of drug-likeness (QED) is 0.358. The fourth-order valence-electron chi connectivity index (χ4n) is 5.50. The lowest BCUT2D eigenvalue weighted by Gasteiger charge is -2.23. The van der Waals surface area contributed by atoms with Crippen molar-refractivity contribution in [3.8, 4) is 5.75 Å². The van der Waals surface area contributed by atoms with Gasteiger partial charge >= 0.3 is 12.1 Å². The predicted molar refractivity (Wildman–Crippen MR) is 134 cm³/mol. The van der Waals surface area contributed by atoms with Crippen LogP contribution in [0.1, 0.15) is 72.0 Å². The van der Waals surface area contributed by atoms with Gasteiger partial charge in [-0.2, -0.15) is 13.2 Å². The minimum Gasteiger partial charge on any atom is -0.489 e. The normalized spacial score (nSPS) is 18.1. The van der Waals surface area contributed by atoms with Gasteiger partial charge in [-0.1, -0.05) is 25.0 Å². The molecule has 1 unspecified atom stereocenters. The van der Waals surface area contributed by atoms with Crippen molar-refractivity contribution in [2.45, 2.75) is 63.3 Å². The summed E-state index contributed by atoms with van der Waals surface area (Å²) in [5.74, 6) is 0.298. The molecule has 0 bridgehead atoms. The summed E-state index contributed by atoms with van der Waals surface area (Å²) in [6.07, 6.45) is 0.249. The number of hydrogen-bond donors (Lipinski definition) is 2. The van der Waals surface area contributed by atoms with Crippen molar-refractivity contribution in [1.82, 2.24) is 10.3 Å². The van der Waals surface area contributed by atoms with Crippen LogP contribution < -0.4 is 10.1 Å². The number of H-pyrrole nitrogens is 1. The van der Waals surface area contributed by atoms with E-state index in [2.05, 4.69) is 10.3 Å². The number of esters is 1. The van der Waals surface area contributed by atoms with Gasteiger partial charge in [0.1, 0.15) is 12.4 Å². The molecule has 1 atom stereocenters. The van der Waals surface area contributed by atoms with Crippen LogP contribution in [0, 0.1) is 0 Å². The second-order valence-corrected chi connectivity index (χ2v) is 9.45. The zero-order chi connectivity index (χ0) is 24.6. The molecule has 2 aliphatic rings. The first kappa shape index (κ1) is 26.4. The second-order valence-electron chi connectivity index (χ2n) is 9.45. The number of aromatic nitrogens is 1. The van der Waals surface area contributed by atoms with Gasteiger partial charge in [-0.15, -0.1) is 12.4 Å². The van der Waals surface area contributed by atoms with Gasteiger partial charge in [0.25, 0.3) is 0 Å². The van der Waals surface area contributed by atoms with E-state index in [1.54, 1.807) is 12.1 Å². The lowest BCUT2D eigenvalue weighted by molar-refractivity contribution is -0.141. The highest BCUT2D eigenvalue weighted by atomic mass is 35.5. The molecular formula is C27H30ClF3N2O3. The van der Waals surface area contributed by atoms with Crippen LogP contribution in [0.2, 0.25) is 0 Å². The van der Waals surface area contributed by atoms with Crippen LogP contribution in [0.25, 0.3) is 10.9 Å². The van der Waals surface area contributed by atoms with Crippen LogP contribution in [-0.2, 0) is 28.7 Å². The largest absolute Gasteiger partial charge is 0.489 e. The lowest BCUT2D eigenvalue weighted by Crippen LogP contribution is -2.31. The van der Waals surface area contributed by atoms with Gasteiger partial charge in [0.05, 0.1) is 25.1 Å². The van der Waals surface area contributed by atoms with Crippen molar-refractivity contribution in [1.29, 1.82) is 0 Å². The minimum absolute atomic E-state index is 0. The molecule has 0 spiro atoms. The Morgan fingerprint density at radius 2 is 1.89 bits per heavy atom. The molecule has 0 amide bonds. The predicted octanol–water partition coefficient (Wildman–Crippen LogP) is 6.60. The molecule has 194 valence electrons. The number of carbonyl (C=O) groups is 1. The van der Waals surface area contributed by atoms with Gasteiger partial charge in [-0.25, -0.2) is 0 Å². The molecule has 5 rings (SSSR count). The average Bonchev–Trinajstić information content (AvgIpc) is 3.50. The molecule has 2 aromatic carbocycles. The number of halogens is 4. The minimum atomic E-state index is -4.38. The van der Waals surface area contributed by atoms with Gasteiger partial charge in [-0.05, 0) is 72.7 Å². The number of hydrogen-bond acceptors (Lipinski definition) is 4. The Morgan fingerprint density at radius 3 is 2.61 bits per heavy atom. The van der Waals surface area contributed by atoms with Crippen LogP contribution in [0.4, 0.5) is 13.2 Å². The number of nitrogens with one attached hydrogen (secondary N) is 2. The van der Waals surface area contributed by atoms with Gasteiger partial charge in [0.15, 0.2) is 0 Å². The molecule has 1 saturated carbocycles. The topological polar surface area (TPSA) is 63.3 Å². The second kappa shape index (κ2) is 10.7. The monoisotopic (exact) mass is 522 g/mol. The highest BCUT2D eigenvalue weighted by Gasteiger charge is 2.36. The van der Waals surface area contributed by atoms with Crippen molar-refractivity contribution in [3.63, 3.8) is 0 Å². The van der Waals surface area contributed by atoms with Crippen molar-refractivity contribution in [3.05, 3.63) is 64.3 Å². The molecule has 5 nitrogen and oxygen atoms in total. The molecule has 2 N–H and O–H groups in total. The van der Waals surface area contributed by atoms with Crippen LogP contribution in [0.15, 0.2) is 36.4 Å². The number of ether oxygens (including phenoxy) is 2. The number of alkyl halides is 3. The Balaban J connectivity index is 0.00000304. The van der Waals surface area contributed by atoms with Crippen molar-refractivity contribution < 1.29 is 27.4 Å². The maximum absolute atomic E-state index is 13.8. The summed E-state index contributed by atoms with van der Waals surface area (Å²) in [6, 6.07) is 10.1. The Labute approximate surface area is 214 Å². The van der Waals surface area contributed by atoms with Crippen LogP contribution in [0.3, 0.4) is 0 Å². The van der Waals surface area contributed by atoms with Crippen LogP contribution in [0.5, 0.6) is 5.75 Å². The molecule has 2 heterocycles. The SMILES string of the molecule is COC(=O)CC1NCCc2c1[nH]c1ccc(OCc3ccc(C4CCCC4)c(C(F)(F)F)c3)cc21.Cl. The first-order valence-corrected chi connectivity index (χ1v) is 12.1. The lowest BCUT2D eigenvalue weighted by atomic mass is 9.91. The standard InChI is InChI=1S/C27H29F3N2O3.ClH/c1-34-25(33)14-24-26-20(10-11-31-24)21-13-18(7-9-23(21)32-26)35-15-16-6-8-19(17-4-2-3-5-17)22(12-16)27(28,29)30;/h6-9,12-13,17,24,31-32H,2-5,10-11,14-15H2,1H3;1H. The number of benzene rings is 2. The maximum Gasteiger partial charge on any atom is 0.416 e. The number of fused-ring (bicyclic) bond motifs is 3. The summed E-state index contributed by atoms with van der Waals surface area (Å²) in [7, 11) is 1.38. The average molecular weight is 523 g/mol. The van der Waals surface area contributed by atoms with E-state index in [-0.39, 0.29) is 43.4 Å². The zero-order valence-corrected chi connectivity index (χ0v) is 20.9. The van der Waals surface area contributed by atoms with E-state index < -0.39 is 11.7 Å². The summed E-state index contributed by atoms with van der Waals surface area (Å²) in [5, 5.41) is 4.35. The van der Waals surface area contributed by atoms with E-state index in [1.165, 1.54) is 13.2 Å². The molecule has 1 aliphatic carbocycles. The third-order valence-corrected chi connectivity index (χ3v) is 7.25. The van der Waals surface area contributed by atoms with E-state index in [1.807, 2.05) is 18.2 Å². The van der Waals surface area contributed by atoms with E-state index in [0.29, 0.717) is 16.9 Å². The molecule has 0 radical (unpaired) electrons. The van der Waals surface area contributed by atoms with E-state index in [9.17, 15) is 18.0 Å². The Hall–Kier alpha value is -2.71. The van der Waals surface area contributed by atoms with Crippen molar-refractivity contribution >= 4 is 29.3 Å². The maximum atomic E-state index is 13.8. The van der Waals surface area contributed by atoms with E-state index in [0.717, 1.165) is 60.8 Å². The summed E-state index contributed by atoms with van der Waals surface area (Å²) < 4.78 is 52.1. The van der Waals surface area contributed by atoms with Gasteiger partial charge in [0, 0.05) is 16.6 Å². The fraction of sp³-hybridized carbons (Fsp3) is 0.444. The highest BCUT2D eigenvalue weighted by Crippen LogP contribution is 2.42. The number of carbonyl (C=O) groups excluding carboxylic acids is 1. The molecule has 3 aromatic rings. The summed E-state index contributed by atoms with van der Waals surface area (Å²) in [5.41, 5.74) is 3.39. The summed E-state index contributed by atoms with van der Waals surface area (Å²) in [6.45, 7) is 0.791. The number of rotatable bonds is 6. The third kappa shape index (κ3) is 5.34. The van der Waals surface area contributed by atoms with Gasteiger partial charge < -0.3 is 19.8 Å². The van der Waals surface area contributed by atoms with E-state index in [4.69, 9.17) is 9.47 Å². The molecule has 1 aromatic heterocycles. The van der Waals surface area contributed by atoms with Crippen LogP contribution >= 0.6 is 12.4 Å². The van der Waals surface area contributed by atoms with E-state index >= 15 is 0 Å². The van der Waals surface area contributed by atoms with Gasteiger partial charge in [0.2, 0.25) is 0 Å². The molecule has 36 heavy (non-hydrogen) atoms. The Kier molecular flexibility index (Phi) is 7.85. The number of methoxy groups -OCH3 is 1. The summed E-state index contributed by atoms with van der Waals surface area (Å²) >= 11 is 0. The number of aromatic amines is 1. The Morgan fingerprint density at radius 1 is 1.11 bits per heavy atom. The molecule has 0 saturated heterocycles. The molecule has 9 heteroatoms. The zero-order valence-electron chi connectivity index (χ0n) is 20.0. The first-order chi connectivity index (χ1) is 16.8. The summed E-state index contributed by atoms with van der Waals surface area (Å²) in [4.78, 5) is 15.2. The highest BCUT2D eigenvalue weighted by molar-refractivity contribution is 5.87. The molecule has 1 fully saturated rings. The Bertz CT molecular complexity index is 1230. The van der Waals surface area contributed by atoms with Gasteiger partial charge in [-0.3, -0.25) is 4.79 Å². The molecular weight excluding hydrogens is 493 g/mol. The van der Waals surface area contributed by atoms with Crippen LogP contribution in [-0.4, -0.2) is 24.6 Å². The smallest absolute Gasteiger partial charge is 0.416 e.